The van der Waals surface area contributed by atoms with E-state index in [2.05, 4.69) is 5.32 Å². The highest BCUT2D eigenvalue weighted by Crippen LogP contribution is 2.28. The molecule has 2 rings (SSSR count). The van der Waals surface area contributed by atoms with Crippen LogP contribution in [0.5, 0.6) is 0 Å². The van der Waals surface area contributed by atoms with Gasteiger partial charge in [0.25, 0.3) is 5.91 Å². The molecule has 0 saturated carbocycles. The number of urea groups is 1. The minimum absolute atomic E-state index is 0.0635. The minimum atomic E-state index is -1.29. The molecule has 110 valence electrons. The van der Waals surface area contributed by atoms with Crippen LogP contribution < -0.4 is 5.32 Å². The molecule has 1 unspecified atom stereocenters. The summed E-state index contributed by atoms with van der Waals surface area (Å²) in [5.41, 5.74) is -1.29. The van der Waals surface area contributed by atoms with E-state index in [1.165, 1.54) is 23.7 Å². The van der Waals surface area contributed by atoms with Crippen molar-refractivity contribution in [2.75, 3.05) is 31.6 Å². The van der Waals surface area contributed by atoms with Gasteiger partial charge < -0.3 is 15.3 Å². The summed E-state index contributed by atoms with van der Waals surface area (Å²) < 4.78 is 0. The molecule has 2 aliphatic heterocycles. The van der Waals surface area contributed by atoms with E-state index in [9.17, 15) is 24.3 Å². The molecule has 8 nitrogen and oxygen atoms in total. The van der Waals surface area contributed by atoms with Crippen LogP contribution in [0.2, 0.25) is 0 Å². The number of nitrogens with one attached hydrogen (secondary N) is 1. The summed E-state index contributed by atoms with van der Waals surface area (Å²) in [6.45, 7) is -0.506. The fourth-order valence-corrected chi connectivity index (χ4v) is 3.49. The molecule has 0 aromatic carbocycles. The maximum atomic E-state index is 11.9. The summed E-state index contributed by atoms with van der Waals surface area (Å²) in [7, 11) is 1.46. The van der Waals surface area contributed by atoms with E-state index in [-0.39, 0.29) is 12.3 Å². The number of hydrogen-bond donors (Lipinski definition) is 2. The molecule has 9 heteroatoms. The van der Waals surface area contributed by atoms with E-state index < -0.39 is 35.9 Å². The third-order valence-electron chi connectivity index (χ3n) is 3.34. The molecule has 2 heterocycles. The number of likely N-dealkylation sites (N-methyl/N-ethyl adjacent to an activating group) is 1. The first-order valence-corrected chi connectivity index (χ1v) is 7.19. The van der Waals surface area contributed by atoms with E-state index in [0.29, 0.717) is 12.2 Å². The maximum Gasteiger partial charge on any atom is 0.330 e. The quantitative estimate of drug-likeness (QED) is 0.642. The fraction of sp³-hybridized carbons (Fsp3) is 0.636. The Kier molecular flexibility index (Phi) is 3.89. The minimum Gasteiger partial charge on any atom is -0.479 e. The number of carboxylic acids is 1. The number of nitrogens with zero attached hydrogens (tertiary/aromatic N) is 2. The molecule has 2 N–H and O–H groups in total. The van der Waals surface area contributed by atoms with Gasteiger partial charge >= 0.3 is 12.0 Å². The molecule has 1 atom stereocenters. The number of imide groups is 1. The summed E-state index contributed by atoms with van der Waals surface area (Å²) in [6, 6.07) is -0.546. The van der Waals surface area contributed by atoms with E-state index in [1.54, 1.807) is 0 Å². The lowest BCUT2D eigenvalue weighted by atomic mass is 9.99. The van der Waals surface area contributed by atoms with Gasteiger partial charge in [-0.25, -0.2) is 9.59 Å². The van der Waals surface area contributed by atoms with Gasteiger partial charge in [0.05, 0.1) is 0 Å². The molecule has 0 aromatic rings. The molecule has 2 fully saturated rings. The Morgan fingerprint density at radius 3 is 2.60 bits per heavy atom. The van der Waals surface area contributed by atoms with E-state index >= 15 is 0 Å². The van der Waals surface area contributed by atoms with Crippen molar-refractivity contribution < 1.29 is 24.3 Å². The average molecular weight is 301 g/mol. The van der Waals surface area contributed by atoms with Crippen molar-refractivity contribution >= 4 is 35.6 Å². The van der Waals surface area contributed by atoms with Crippen LogP contribution in [0.1, 0.15) is 6.42 Å². The van der Waals surface area contributed by atoms with Crippen LogP contribution in [-0.2, 0) is 14.4 Å². The highest BCUT2D eigenvalue weighted by molar-refractivity contribution is 7.99. The summed E-state index contributed by atoms with van der Waals surface area (Å²) in [6.07, 6.45) is 0.334. The predicted molar refractivity (Wildman–Crippen MR) is 70.2 cm³/mol. The maximum absolute atomic E-state index is 11.9. The standard InChI is InChI=1S/C11H15N3O5S/c1-13-5-8(16)14(10(13)19)4-7(15)12-11(9(17)18)2-3-20-6-11/h2-6H2,1H3,(H,12,15)(H,17,18). The normalized spacial score (nSPS) is 26.2. The van der Waals surface area contributed by atoms with Crippen LogP contribution >= 0.6 is 11.8 Å². The second kappa shape index (κ2) is 5.31. The summed E-state index contributed by atoms with van der Waals surface area (Å²) in [5.74, 6) is -1.25. The van der Waals surface area contributed by atoms with E-state index in [4.69, 9.17) is 0 Å². The first-order chi connectivity index (χ1) is 9.35. The van der Waals surface area contributed by atoms with Crippen molar-refractivity contribution in [2.45, 2.75) is 12.0 Å². The zero-order valence-corrected chi connectivity index (χ0v) is 11.7. The molecule has 2 aliphatic rings. The lowest BCUT2D eigenvalue weighted by molar-refractivity contribution is -0.146. The number of carbonyl (C=O) groups excluding carboxylic acids is 3. The van der Waals surface area contributed by atoms with Crippen LogP contribution in [0, 0.1) is 0 Å². The van der Waals surface area contributed by atoms with Gasteiger partial charge in [0.1, 0.15) is 18.6 Å². The van der Waals surface area contributed by atoms with Gasteiger partial charge in [-0.3, -0.25) is 14.5 Å². The van der Waals surface area contributed by atoms with Gasteiger partial charge in [0.15, 0.2) is 0 Å². The van der Waals surface area contributed by atoms with Crippen LogP contribution in [0.15, 0.2) is 0 Å². The Bertz CT molecular complexity index is 475. The Balaban J connectivity index is 2.00. The average Bonchev–Trinajstić information content (AvgIpc) is 2.92. The number of thioether (sulfide) groups is 1. The van der Waals surface area contributed by atoms with Crippen molar-refractivity contribution in [1.82, 2.24) is 15.1 Å². The topological polar surface area (TPSA) is 107 Å². The number of carbonyl (C=O) groups is 4. The number of hydrogen-bond acceptors (Lipinski definition) is 5. The van der Waals surface area contributed by atoms with Gasteiger partial charge in [-0.1, -0.05) is 0 Å². The molecular weight excluding hydrogens is 286 g/mol. The molecule has 0 bridgehead atoms. The first kappa shape index (κ1) is 14.6. The highest BCUT2D eigenvalue weighted by atomic mass is 32.2. The highest BCUT2D eigenvalue weighted by Gasteiger charge is 2.44. The number of aliphatic carboxylic acids is 1. The van der Waals surface area contributed by atoms with Crippen molar-refractivity contribution in [1.29, 1.82) is 0 Å². The van der Waals surface area contributed by atoms with E-state index in [0.717, 1.165) is 4.90 Å². The fourth-order valence-electron chi connectivity index (χ4n) is 2.16. The Morgan fingerprint density at radius 2 is 2.15 bits per heavy atom. The molecule has 2 saturated heterocycles. The second-order valence-electron chi connectivity index (χ2n) is 4.86. The number of amides is 4. The predicted octanol–water partition coefficient (Wildman–Crippen LogP) is -1.04. The second-order valence-corrected chi connectivity index (χ2v) is 5.96. The van der Waals surface area contributed by atoms with Crippen molar-refractivity contribution in [3.63, 3.8) is 0 Å². The van der Waals surface area contributed by atoms with Crippen LogP contribution in [-0.4, -0.2) is 75.9 Å². The smallest absolute Gasteiger partial charge is 0.330 e. The number of rotatable bonds is 4. The van der Waals surface area contributed by atoms with Gasteiger partial charge in [0.2, 0.25) is 5.91 Å². The van der Waals surface area contributed by atoms with Gasteiger partial charge in [-0.2, -0.15) is 11.8 Å². The van der Waals surface area contributed by atoms with E-state index in [1.807, 2.05) is 0 Å². The van der Waals surface area contributed by atoms with Crippen LogP contribution in [0.4, 0.5) is 4.79 Å². The van der Waals surface area contributed by atoms with Crippen LogP contribution in [0.3, 0.4) is 0 Å². The summed E-state index contributed by atoms with van der Waals surface area (Å²) in [4.78, 5) is 48.4. The molecule has 0 radical (unpaired) electrons. The summed E-state index contributed by atoms with van der Waals surface area (Å²) >= 11 is 1.44. The molecular formula is C11H15N3O5S. The number of carboxylic acid groups (broad SMARTS) is 1. The monoisotopic (exact) mass is 301 g/mol. The van der Waals surface area contributed by atoms with Gasteiger partial charge in [0, 0.05) is 12.8 Å². The Labute approximate surface area is 119 Å². The van der Waals surface area contributed by atoms with Crippen molar-refractivity contribution in [3.8, 4) is 0 Å². The first-order valence-electron chi connectivity index (χ1n) is 6.03. The third kappa shape index (κ3) is 2.58. The SMILES string of the molecule is CN1CC(=O)N(CC(=O)NC2(C(=O)O)CCSC2)C1=O. The lowest BCUT2D eigenvalue weighted by Crippen LogP contribution is -2.57. The van der Waals surface area contributed by atoms with Crippen LogP contribution in [0.25, 0.3) is 0 Å². The molecule has 0 aliphatic carbocycles. The summed E-state index contributed by atoms with van der Waals surface area (Å²) in [5, 5.41) is 11.7. The van der Waals surface area contributed by atoms with Gasteiger partial charge in [-0.05, 0) is 12.2 Å². The molecule has 0 spiro atoms. The molecule has 20 heavy (non-hydrogen) atoms. The Morgan fingerprint density at radius 1 is 1.45 bits per heavy atom. The zero-order valence-electron chi connectivity index (χ0n) is 10.9. The molecule has 0 aromatic heterocycles. The Hall–Kier alpha value is -1.77. The largest absolute Gasteiger partial charge is 0.479 e. The molecule has 4 amide bonds. The lowest BCUT2D eigenvalue weighted by Gasteiger charge is -2.25. The third-order valence-corrected chi connectivity index (χ3v) is 4.53. The van der Waals surface area contributed by atoms with Crippen molar-refractivity contribution in [2.24, 2.45) is 0 Å². The zero-order chi connectivity index (χ0) is 14.9. The van der Waals surface area contributed by atoms with Gasteiger partial charge in [-0.15, -0.1) is 0 Å². The van der Waals surface area contributed by atoms with Crippen molar-refractivity contribution in [3.05, 3.63) is 0 Å².